The van der Waals surface area contributed by atoms with Gasteiger partial charge < -0.3 is 14.8 Å². The number of benzene rings is 2. The van der Waals surface area contributed by atoms with Gasteiger partial charge in [-0.15, -0.1) is 0 Å². The van der Waals surface area contributed by atoms with E-state index in [0.29, 0.717) is 6.42 Å². The predicted molar refractivity (Wildman–Crippen MR) is 119 cm³/mol. The van der Waals surface area contributed by atoms with Crippen molar-refractivity contribution in [1.82, 2.24) is 5.32 Å². The summed E-state index contributed by atoms with van der Waals surface area (Å²) in [6.45, 7) is 5.73. The summed E-state index contributed by atoms with van der Waals surface area (Å²) in [7, 11) is -7.71. The van der Waals surface area contributed by atoms with Crippen molar-refractivity contribution in [2.24, 2.45) is 0 Å². The molecule has 0 aromatic heterocycles. The molecule has 3 rings (SSSR count). The van der Waals surface area contributed by atoms with Crippen molar-refractivity contribution in [3.63, 3.8) is 0 Å². The van der Waals surface area contributed by atoms with Crippen LogP contribution in [0, 0.1) is 0 Å². The standard InChI is InChI=1S/C22H27NO7S2/c1-22(2,3)30-21(24)23-13-8-14-29-17-11-7-12-18-20(17)19(15-31(18,25)26)32(27,28)16-9-5-4-6-10-16/h4-7,9-12,19H,8,13-15H2,1-3H3,(H,23,24). The van der Waals surface area contributed by atoms with E-state index in [9.17, 15) is 21.6 Å². The van der Waals surface area contributed by atoms with Crippen LogP contribution in [0.5, 0.6) is 5.75 Å². The maximum atomic E-state index is 13.2. The third kappa shape index (κ3) is 5.42. The van der Waals surface area contributed by atoms with Crippen LogP contribution in [0.2, 0.25) is 0 Å². The first-order valence-corrected chi connectivity index (χ1v) is 13.4. The second-order valence-corrected chi connectivity index (χ2v) is 12.6. The van der Waals surface area contributed by atoms with Crippen molar-refractivity contribution in [2.45, 2.75) is 47.8 Å². The largest absolute Gasteiger partial charge is 0.493 e. The number of carbonyl (C=O) groups is 1. The Hall–Kier alpha value is -2.59. The van der Waals surface area contributed by atoms with E-state index in [1.807, 2.05) is 0 Å². The average molecular weight is 482 g/mol. The first-order chi connectivity index (χ1) is 14.9. The van der Waals surface area contributed by atoms with E-state index >= 15 is 0 Å². The Morgan fingerprint density at radius 1 is 1.09 bits per heavy atom. The molecule has 0 saturated carbocycles. The lowest BCUT2D eigenvalue weighted by Crippen LogP contribution is -2.33. The Morgan fingerprint density at radius 2 is 1.78 bits per heavy atom. The lowest BCUT2D eigenvalue weighted by atomic mass is 10.1. The second kappa shape index (κ2) is 9.11. The Bertz CT molecular complexity index is 1180. The first-order valence-electron chi connectivity index (χ1n) is 10.2. The summed E-state index contributed by atoms with van der Waals surface area (Å²) in [5.74, 6) is -0.314. The molecule has 1 amide bonds. The Labute approximate surface area is 188 Å². The third-order valence-electron chi connectivity index (χ3n) is 4.75. The number of sulfone groups is 2. The minimum atomic E-state index is -3.94. The zero-order chi connectivity index (χ0) is 23.6. The summed E-state index contributed by atoms with van der Waals surface area (Å²) >= 11 is 0. The zero-order valence-corrected chi connectivity index (χ0v) is 19.8. The van der Waals surface area contributed by atoms with Crippen molar-refractivity contribution in [1.29, 1.82) is 0 Å². The van der Waals surface area contributed by atoms with Crippen LogP contribution in [0.4, 0.5) is 4.79 Å². The van der Waals surface area contributed by atoms with E-state index in [1.54, 1.807) is 45.0 Å². The first kappa shape index (κ1) is 24.1. The van der Waals surface area contributed by atoms with E-state index in [2.05, 4.69) is 5.32 Å². The molecule has 32 heavy (non-hydrogen) atoms. The number of nitrogens with one attached hydrogen (secondary N) is 1. The molecule has 1 unspecified atom stereocenters. The van der Waals surface area contributed by atoms with Gasteiger partial charge in [0, 0.05) is 12.1 Å². The van der Waals surface area contributed by atoms with Gasteiger partial charge in [0.1, 0.15) is 16.6 Å². The van der Waals surface area contributed by atoms with Crippen molar-refractivity contribution in [3.8, 4) is 5.75 Å². The monoisotopic (exact) mass is 481 g/mol. The van der Waals surface area contributed by atoms with Crippen molar-refractivity contribution >= 4 is 25.8 Å². The van der Waals surface area contributed by atoms with Gasteiger partial charge >= 0.3 is 6.09 Å². The quantitative estimate of drug-likeness (QED) is 0.603. The van der Waals surface area contributed by atoms with Crippen LogP contribution in [0.1, 0.15) is 38.0 Å². The fourth-order valence-electron chi connectivity index (χ4n) is 3.39. The number of carbonyl (C=O) groups excluding carboxylic acids is 1. The van der Waals surface area contributed by atoms with Gasteiger partial charge in [-0.3, -0.25) is 0 Å². The Kier molecular flexibility index (Phi) is 6.85. The van der Waals surface area contributed by atoms with Crippen LogP contribution in [-0.4, -0.2) is 47.4 Å². The van der Waals surface area contributed by atoms with Crippen LogP contribution in [-0.2, 0) is 24.4 Å². The molecule has 1 N–H and O–H groups in total. The molecule has 0 spiro atoms. The summed E-state index contributed by atoms with van der Waals surface area (Å²) < 4.78 is 62.7. The maximum Gasteiger partial charge on any atom is 0.407 e. The number of hydrogen-bond donors (Lipinski definition) is 1. The molecular formula is C22H27NO7S2. The summed E-state index contributed by atoms with van der Waals surface area (Å²) in [4.78, 5) is 11.7. The van der Waals surface area contributed by atoms with E-state index in [4.69, 9.17) is 9.47 Å². The molecule has 0 fully saturated rings. The minimum Gasteiger partial charge on any atom is -0.493 e. The summed E-state index contributed by atoms with van der Waals surface area (Å²) in [5, 5.41) is 1.36. The normalized spacial score (nSPS) is 17.4. The fraction of sp³-hybridized carbons (Fsp3) is 0.409. The number of fused-ring (bicyclic) bond motifs is 1. The van der Waals surface area contributed by atoms with Crippen LogP contribution in [0.15, 0.2) is 58.3 Å². The van der Waals surface area contributed by atoms with Crippen LogP contribution >= 0.6 is 0 Å². The van der Waals surface area contributed by atoms with Crippen molar-refractivity contribution in [2.75, 3.05) is 18.9 Å². The van der Waals surface area contributed by atoms with Gasteiger partial charge in [-0.2, -0.15) is 0 Å². The number of hydrogen-bond acceptors (Lipinski definition) is 7. The topological polar surface area (TPSA) is 116 Å². The molecule has 10 heteroatoms. The average Bonchev–Trinajstić information content (AvgIpc) is 2.99. The van der Waals surface area contributed by atoms with Crippen LogP contribution in [0.25, 0.3) is 0 Å². The molecule has 2 aromatic rings. The fourth-order valence-corrected chi connectivity index (χ4v) is 7.74. The van der Waals surface area contributed by atoms with Gasteiger partial charge in [-0.1, -0.05) is 24.3 Å². The van der Waals surface area contributed by atoms with Crippen LogP contribution in [0.3, 0.4) is 0 Å². The van der Waals surface area contributed by atoms with E-state index in [1.165, 1.54) is 24.3 Å². The van der Waals surface area contributed by atoms with Crippen molar-refractivity contribution < 1.29 is 31.1 Å². The molecule has 1 aliphatic heterocycles. The lowest BCUT2D eigenvalue weighted by molar-refractivity contribution is 0.0525. The highest BCUT2D eigenvalue weighted by Crippen LogP contribution is 2.45. The lowest BCUT2D eigenvalue weighted by Gasteiger charge is -2.19. The van der Waals surface area contributed by atoms with Gasteiger partial charge in [0.2, 0.25) is 0 Å². The highest BCUT2D eigenvalue weighted by molar-refractivity contribution is 7.96. The van der Waals surface area contributed by atoms with Crippen LogP contribution < -0.4 is 10.1 Å². The number of amides is 1. The summed E-state index contributed by atoms with van der Waals surface area (Å²) in [6, 6.07) is 12.3. The Balaban J connectivity index is 1.75. The molecule has 0 aliphatic carbocycles. The number of rotatable bonds is 7. The van der Waals surface area contributed by atoms with Crippen molar-refractivity contribution in [3.05, 3.63) is 54.1 Å². The second-order valence-electron chi connectivity index (χ2n) is 8.43. The molecule has 1 heterocycles. The molecule has 0 radical (unpaired) electrons. The van der Waals surface area contributed by atoms with Gasteiger partial charge in [0.05, 0.1) is 22.2 Å². The summed E-state index contributed by atoms with van der Waals surface area (Å²) in [5.41, 5.74) is -0.438. The van der Waals surface area contributed by atoms with E-state index in [-0.39, 0.29) is 34.3 Å². The molecule has 8 nitrogen and oxygen atoms in total. The highest BCUT2D eigenvalue weighted by Gasteiger charge is 2.45. The molecule has 1 atom stereocenters. The third-order valence-corrected chi connectivity index (χ3v) is 8.84. The number of ether oxygens (including phenoxy) is 2. The predicted octanol–water partition coefficient (Wildman–Crippen LogP) is 3.28. The SMILES string of the molecule is CC(C)(C)OC(=O)NCCCOc1cccc2c1C(S(=O)(=O)c1ccccc1)CS2(=O)=O. The molecule has 0 saturated heterocycles. The highest BCUT2D eigenvalue weighted by atomic mass is 32.2. The Morgan fingerprint density at radius 3 is 2.44 bits per heavy atom. The number of alkyl carbamates (subject to hydrolysis) is 1. The molecule has 0 bridgehead atoms. The van der Waals surface area contributed by atoms with Gasteiger partial charge in [0.25, 0.3) is 0 Å². The molecule has 1 aliphatic rings. The van der Waals surface area contributed by atoms with Gasteiger partial charge in [-0.25, -0.2) is 21.6 Å². The smallest absolute Gasteiger partial charge is 0.407 e. The molecule has 174 valence electrons. The molecular weight excluding hydrogens is 454 g/mol. The minimum absolute atomic E-state index is 0.0219. The van der Waals surface area contributed by atoms with E-state index < -0.39 is 42.4 Å². The van der Waals surface area contributed by atoms with Gasteiger partial charge in [-0.05, 0) is 51.5 Å². The maximum absolute atomic E-state index is 13.2. The zero-order valence-electron chi connectivity index (χ0n) is 18.2. The van der Waals surface area contributed by atoms with Gasteiger partial charge in [0.15, 0.2) is 19.7 Å². The summed E-state index contributed by atoms with van der Waals surface area (Å²) in [6.07, 6.45) is -0.121. The van der Waals surface area contributed by atoms with E-state index in [0.717, 1.165) is 0 Å². The molecule has 2 aromatic carbocycles.